The number of nitrogens with one attached hydrogen (secondary N) is 1. The molecular weight excluding hydrogens is 356 g/mol. The molecule has 0 saturated carbocycles. The largest absolute Gasteiger partial charge is 0.486 e. The van der Waals surface area contributed by atoms with Crippen LogP contribution >= 0.6 is 0 Å². The van der Waals surface area contributed by atoms with Crippen LogP contribution in [0.4, 0.5) is 17.5 Å². The quantitative estimate of drug-likeness (QED) is 0.860. The van der Waals surface area contributed by atoms with E-state index in [4.69, 9.17) is 9.47 Å². The highest BCUT2D eigenvalue weighted by Gasteiger charge is 2.31. The number of fused-ring (bicyclic) bond motifs is 1. The van der Waals surface area contributed by atoms with Crippen LogP contribution in [0.15, 0.2) is 30.5 Å². The second-order valence-corrected chi connectivity index (χ2v) is 8.62. The molecule has 3 heterocycles. The molecule has 1 saturated heterocycles. The highest BCUT2D eigenvalue weighted by molar-refractivity contribution is 7.91. The van der Waals surface area contributed by atoms with E-state index in [1.807, 2.05) is 30.1 Å². The van der Waals surface area contributed by atoms with Gasteiger partial charge in [-0.2, -0.15) is 4.98 Å². The highest BCUT2D eigenvalue weighted by atomic mass is 32.2. The Morgan fingerprint density at radius 3 is 2.77 bits per heavy atom. The number of ether oxygens (including phenoxy) is 2. The average Bonchev–Trinajstić information content (AvgIpc) is 3.01. The van der Waals surface area contributed by atoms with Crippen molar-refractivity contribution in [2.75, 3.05) is 42.0 Å². The maximum atomic E-state index is 11.7. The number of rotatable bonds is 4. The Bertz CT molecular complexity index is 919. The molecule has 1 fully saturated rings. The van der Waals surface area contributed by atoms with Crippen LogP contribution in [0, 0.1) is 0 Å². The smallest absolute Gasteiger partial charge is 0.229 e. The zero-order valence-electron chi connectivity index (χ0n) is 14.4. The number of hydrogen-bond acceptors (Lipinski definition) is 8. The van der Waals surface area contributed by atoms with E-state index in [1.54, 1.807) is 12.3 Å². The second kappa shape index (κ2) is 6.64. The van der Waals surface area contributed by atoms with Gasteiger partial charge in [0.1, 0.15) is 19.0 Å². The van der Waals surface area contributed by atoms with Crippen molar-refractivity contribution in [2.45, 2.75) is 12.5 Å². The molecule has 0 bridgehead atoms. The van der Waals surface area contributed by atoms with Gasteiger partial charge in [-0.3, -0.25) is 0 Å². The van der Waals surface area contributed by atoms with Gasteiger partial charge in [-0.15, -0.1) is 0 Å². The standard InChI is InChI=1S/C17H20N4O4S/c1-21(13-5-9-26(22,23)11-13)16-4-6-18-17(20-16)19-12-2-3-14-15(10-12)25-8-7-24-14/h2-4,6,10,13H,5,7-9,11H2,1H3,(H,18,19,20). The highest BCUT2D eigenvalue weighted by Crippen LogP contribution is 2.33. The summed E-state index contributed by atoms with van der Waals surface area (Å²) in [7, 11) is -1.08. The Hall–Kier alpha value is -2.55. The monoisotopic (exact) mass is 376 g/mol. The molecule has 1 atom stereocenters. The number of nitrogens with zero attached hydrogens (tertiary/aromatic N) is 3. The van der Waals surface area contributed by atoms with Gasteiger partial charge in [0.05, 0.1) is 11.5 Å². The molecule has 138 valence electrons. The van der Waals surface area contributed by atoms with Crippen LogP contribution in [-0.4, -0.2) is 56.2 Å². The molecule has 4 rings (SSSR count). The minimum absolute atomic E-state index is 0.0583. The summed E-state index contributed by atoms with van der Waals surface area (Å²) in [4.78, 5) is 10.7. The van der Waals surface area contributed by atoms with Crippen molar-refractivity contribution in [3.05, 3.63) is 30.5 Å². The Morgan fingerprint density at radius 2 is 2.00 bits per heavy atom. The zero-order chi connectivity index (χ0) is 18.1. The first kappa shape index (κ1) is 16.9. The van der Waals surface area contributed by atoms with Crippen LogP contribution in [0.25, 0.3) is 0 Å². The SMILES string of the molecule is CN(c1ccnc(Nc2ccc3c(c2)OCCO3)n1)C1CCS(=O)(=O)C1. The van der Waals surface area contributed by atoms with Gasteiger partial charge in [-0.05, 0) is 24.6 Å². The van der Waals surface area contributed by atoms with Crippen LogP contribution < -0.4 is 19.7 Å². The van der Waals surface area contributed by atoms with E-state index in [0.717, 1.165) is 11.4 Å². The van der Waals surface area contributed by atoms with E-state index in [1.165, 1.54) is 0 Å². The molecule has 1 unspecified atom stereocenters. The molecule has 1 aromatic carbocycles. The van der Waals surface area contributed by atoms with E-state index in [0.29, 0.717) is 37.2 Å². The predicted octanol–water partition coefficient (Wildman–Crippen LogP) is 1.61. The topological polar surface area (TPSA) is 93.7 Å². The van der Waals surface area contributed by atoms with E-state index < -0.39 is 9.84 Å². The van der Waals surface area contributed by atoms with Gasteiger partial charge < -0.3 is 19.7 Å². The fraction of sp³-hybridized carbons (Fsp3) is 0.412. The van der Waals surface area contributed by atoms with Gasteiger partial charge >= 0.3 is 0 Å². The van der Waals surface area contributed by atoms with Crippen LogP contribution in [0.2, 0.25) is 0 Å². The molecule has 0 amide bonds. The Balaban J connectivity index is 1.51. The van der Waals surface area contributed by atoms with Crippen molar-refractivity contribution >= 4 is 27.3 Å². The second-order valence-electron chi connectivity index (χ2n) is 6.39. The number of sulfone groups is 1. The molecule has 9 heteroatoms. The van der Waals surface area contributed by atoms with Crippen LogP contribution in [-0.2, 0) is 9.84 Å². The minimum atomic E-state index is -2.94. The molecule has 2 aliphatic heterocycles. The lowest BCUT2D eigenvalue weighted by molar-refractivity contribution is 0.171. The summed E-state index contributed by atoms with van der Waals surface area (Å²) in [6.07, 6.45) is 2.27. The Kier molecular flexibility index (Phi) is 4.31. The van der Waals surface area contributed by atoms with Gasteiger partial charge in [0.25, 0.3) is 0 Å². The zero-order valence-corrected chi connectivity index (χ0v) is 15.2. The maximum Gasteiger partial charge on any atom is 0.229 e. The van der Waals surface area contributed by atoms with Crippen molar-refractivity contribution in [1.82, 2.24) is 9.97 Å². The molecule has 0 radical (unpaired) electrons. The molecule has 2 aliphatic rings. The molecule has 26 heavy (non-hydrogen) atoms. The van der Waals surface area contributed by atoms with Gasteiger partial charge in [0.15, 0.2) is 21.3 Å². The summed E-state index contributed by atoms with van der Waals surface area (Å²) in [5.41, 5.74) is 0.789. The molecule has 1 aromatic heterocycles. The summed E-state index contributed by atoms with van der Waals surface area (Å²) in [5, 5.41) is 3.15. The average molecular weight is 376 g/mol. The van der Waals surface area contributed by atoms with E-state index in [2.05, 4.69) is 15.3 Å². The summed E-state index contributed by atoms with van der Waals surface area (Å²) < 4.78 is 34.5. The van der Waals surface area contributed by atoms with Crippen LogP contribution in [0.1, 0.15) is 6.42 Å². The van der Waals surface area contributed by atoms with Crippen molar-refractivity contribution in [2.24, 2.45) is 0 Å². The van der Waals surface area contributed by atoms with Crippen LogP contribution in [0.3, 0.4) is 0 Å². The summed E-state index contributed by atoms with van der Waals surface area (Å²) in [5.74, 6) is 2.92. The van der Waals surface area contributed by atoms with Crippen molar-refractivity contribution in [3.63, 3.8) is 0 Å². The minimum Gasteiger partial charge on any atom is -0.486 e. The first-order valence-corrected chi connectivity index (χ1v) is 10.3. The molecular formula is C17H20N4O4S. The first-order valence-electron chi connectivity index (χ1n) is 8.43. The third kappa shape index (κ3) is 3.52. The normalized spacial score (nSPS) is 20.6. The molecule has 1 N–H and O–H groups in total. The maximum absolute atomic E-state index is 11.7. The van der Waals surface area contributed by atoms with E-state index >= 15 is 0 Å². The van der Waals surface area contributed by atoms with Crippen molar-refractivity contribution in [3.8, 4) is 11.5 Å². The van der Waals surface area contributed by atoms with Crippen molar-refractivity contribution < 1.29 is 17.9 Å². The molecule has 8 nitrogen and oxygen atoms in total. The van der Waals surface area contributed by atoms with Gasteiger partial charge in [-0.25, -0.2) is 13.4 Å². The van der Waals surface area contributed by atoms with Crippen molar-refractivity contribution in [1.29, 1.82) is 0 Å². The Labute approximate surface area is 152 Å². The lowest BCUT2D eigenvalue weighted by atomic mass is 10.2. The van der Waals surface area contributed by atoms with Gasteiger partial charge in [0.2, 0.25) is 5.95 Å². The number of benzene rings is 1. The predicted molar refractivity (Wildman–Crippen MR) is 98.2 cm³/mol. The molecule has 0 spiro atoms. The van der Waals surface area contributed by atoms with Gasteiger partial charge in [0, 0.05) is 31.0 Å². The summed E-state index contributed by atoms with van der Waals surface area (Å²) >= 11 is 0. The fourth-order valence-electron chi connectivity index (χ4n) is 3.12. The Morgan fingerprint density at radius 1 is 1.19 bits per heavy atom. The fourth-order valence-corrected chi connectivity index (χ4v) is 4.90. The summed E-state index contributed by atoms with van der Waals surface area (Å²) in [6, 6.07) is 7.28. The van der Waals surface area contributed by atoms with Gasteiger partial charge in [-0.1, -0.05) is 0 Å². The first-order chi connectivity index (χ1) is 12.5. The van der Waals surface area contributed by atoms with E-state index in [-0.39, 0.29) is 17.5 Å². The molecule has 2 aromatic rings. The molecule has 0 aliphatic carbocycles. The lowest BCUT2D eigenvalue weighted by Gasteiger charge is -2.24. The third-order valence-corrected chi connectivity index (χ3v) is 6.31. The third-order valence-electron chi connectivity index (χ3n) is 4.56. The number of anilines is 3. The van der Waals surface area contributed by atoms with Crippen LogP contribution in [0.5, 0.6) is 11.5 Å². The number of hydrogen-bond donors (Lipinski definition) is 1. The summed E-state index contributed by atoms with van der Waals surface area (Å²) in [6.45, 7) is 1.08. The number of aromatic nitrogens is 2. The lowest BCUT2D eigenvalue weighted by Crippen LogP contribution is -2.33. The van der Waals surface area contributed by atoms with E-state index in [9.17, 15) is 8.42 Å².